The van der Waals surface area contributed by atoms with Crippen molar-refractivity contribution in [3.05, 3.63) is 51.3 Å². The number of carbonyl (C=O) groups excluding carboxylic acids is 1. The van der Waals surface area contributed by atoms with Gasteiger partial charge in [0.25, 0.3) is 5.91 Å². The van der Waals surface area contributed by atoms with Crippen LogP contribution in [0.4, 0.5) is 11.4 Å². The Morgan fingerprint density at radius 3 is 2.50 bits per heavy atom. The lowest BCUT2D eigenvalue weighted by Gasteiger charge is -2.11. The minimum absolute atomic E-state index is 0.156. The first kappa shape index (κ1) is 14.6. The molecule has 0 saturated carbocycles. The van der Waals surface area contributed by atoms with Crippen LogP contribution in [-0.2, 0) is 0 Å². The normalized spacial score (nSPS) is 10.4. The maximum absolute atomic E-state index is 12.2. The SMILES string of the molecule is Cc1cc(N)cc(C(=O)Nc2c(C)cc(Cl)nc2Cl)c1. The molecule has 3 N–H and O–H groups in total. The number of hydrogen-bond donors (Lipinski definition) is 2. The molecular weight excluding hydrogens is 297 g/mol. The number of halogens is 2. The summed E-state index contributed by atoms with van der Waals surface area (Å²) in [5.41, 5.74) is 8.83. The average Bonchev–Trinajstić information content (AvgIpc) is 2.32. The fourth-order valence-electron chi connectivity index (χ4n) is 1.88. The molecule has 20 heavy (non-hydrogen) atoms. The molecule has 0 aliphatic heterocycles. The molecule has 1 aromatic carbocycles. The van der Waals surface area contributed by atoms with E-state index in [-0.39, 0.29) is 16.2 Å². The quantitative estimate of drug-likeness (QED) is 0.654. The van der Waals surface area contributed by atoms with E-state index in [0.717, 1.165) is 11.1 Å². The van der Waals surface area contributed by atoms with Crippen molar-refractivity contribution in [2.75, 3.05) is 11.1 Å². The molecule has 0 fully saturated rings. The summed E-state index contributed by atoms with van der Waals surface area (Å²) in [6.07, 6.45) is 0. The number of nitrogens with one attached hydrogen (secondary N) is 1. The van der Waals surface area contributed by atoms with Crippen LogP contribution < -0.4 is 11.1 Å². The van der Waals surface area contributed by atoms with Crippen molar-refractivity contribution >= 4 is 40.5 Å². The van der Waals surface area contributed by atoms with Gasteiger partial charge in [-0.1, -0.05) is 23.2 Å². The second kappa shape index (κ2) is 5.69. The molecule has 1 aromatic heterocycles. The van der Waals surface area contributed by atoms with E-state index in [2.05, 4.69) is 10.3 Å². The molecule has 1 amide bonds. The zero-order chi connectivity index (χ0) is 14.9. The first-order chi connectivity index (χ1) is 9.36. The van der Waals surface area contributed by atoms with Crippen LogP contribution in [0.3, 0.4) is 0 Å². The standard InChI is InChI=1S/C14H13Cl2N3O/c1-7-3-9(6-10(17)4-7)14(20)19-12-8(2)5-11(15)18-13(12)16/h3-6H,17H2,1-2H3,(H,19,20). The van der Waals surface area contributed by atoms with Crippen molar-refractivity contribution in [1.82, 2.24) is 4.98 Å². The third kappa shape index (κ3) is 3.21. The van der Waals surface area contributed by atoms with E-state index in [1.54, 1.807) is 31.2 Å². The summed E-state index contributed by atoms with van der Waals surface area (Å²) in [6, 6.07) is 6.78. The van der Waals surface area contributed by atoms with E-state index in [0.29, 0.717) is 16.9 Å². The smallest absolute Gasteiger partial charge is 0.255 e. The van der Waals surface area contributed by atoms with Crippen LogP contribution in [0.2, 0.25) is 10.3 Å². The first-order valence-electron chi connectivity index (χ1n) is 5.88. The third-order valence-corrected chi connectivity index (χ3v) is 3.21. The van der Waals surface area contributed by atoms with Crippen molar-refractivity contribution < 1.29 is 4.79 Å². The number of nitrogens with zero attached hydrogens (tertiary/aromatic N) is 1. The molecule has 4 nitrogen and oxygen atoms in total. The summed E-state index contributed by atoms with van der Waals surface area (Å²) in [7, 11) is 0. The molecule has 1 heterocycles. The van der Waals surface area contributed by atoms with Gasteiger partial charge in [0, 0.05) is 11.3 Å². The summed E-state index contributed by atoms with van der Waals surface area (Å²) < 4.78 is 0. The molecule has 104 valence electrons. The number of rotatable bonds is 2. The van der Waals surface area contributed by atoms with E-state index < -0.39 is 0 Å². The Kier molecular flexibility index (Phi) is 4.16. The van der Waals surface area contributed by atoms with Crippen molar-refractivity contribution in [2.24, 2.45) is 0 Å². The van der Waals surface area contributed by atoms with Gasteiger partial charge in [-0.2, -0.15) is 0 Å². The van der Waals surface area contributed by atoms with E-state index in [9.17, 15) is 4.79 Å². The number of pyridine rings is 1. The monoisotopic (exact) mass is 309 g/mol. The fraction of sp³-hybridized carbons (Fsp3) is 0.143. The summed E-state index contributed by atoms with van der Waals surface area (Å²) in [4.78, 5) is 16.1. The van der Waals surface area contributed by atoms with Gasteiger partial charge in [0.05, 0.1) is 5.69 Å². The lowest BCUT2D eigenvalue weighted by atomic mass is 10.1. The van der Waals surface area contributed by atoms with E-state index in [1.165, 1.54) is 0 Å². The molecule has 2 rings (SSSR count). The van der Waals surface area contributed by atoms with Gasteiger partial charge in [-0.15, -0.1) is 0 Å². The lowest BCUT2D eigenvalue weighted by molar-refractivity contribution is 0.102. The van der Waals surface area contributed by atoms with Crippen molar-refractivity contribution in [3.8, 4) is 0 Å². The number of nitrogen functional groups attached to an aromatic ring is 1. The number of hydrogen-bond acceptors (Lipinski definition) is 3. The van der Waals surface area contributed by atoms with Gasteiger partial charge >= 0.3 is 0 Å². The largest absolute Gasteiger partial charge is 0.399 e. The predicted molar refractivity (Wildman–Crippen MR) is 82.5 cm³/mol. The van der Waals surface area contributed by atoms with Crippen LogP contribution in [0.1, 0.15) is 21.5 Å². The predicted octanol–water partition coefficient (Wildman–Crippen LogP) is 3.84. The van der Waals surface area contributed by atoms with Crippen molar-refractivity contribution in [1.29, 1.82) is 0 Å². The Morgan fingerprint density at radius 2 is 1.90 bits per heavy atom. The number of aromatic nitrogens is 1. The minimum Gasteiger partial charge on any atom is -0.399 e. The van der Waals surface area contributed by atoms with Crippen molar-refractivity contribution in [3.63, 3.8) is 0 Å². The van der Waals surface area contributed by atoms with Gasteiger partial charge in [-0.05, 0) is 49.2 Å². The van der Waals surface area contributed by atoms with Crippen LogP contribution in [0.15, 0.2) is 24.3 Å². The Labute approximate surface area is 126 Å². The summed E-state index contributed by atoms with van der Waals surface area (Å²) >= 11 is 11.8. The number of benzene rings is 1. The number of aryl methyl sites for hydroxylation is 2. The second-order valence-electron chi connectivity index (χ2n) is 4.51. The fourth-order valence-corrected chi connectivity index (χ4v) is 2.45. The molecule has 0 bridgehead atoms. The molecule has 0 radical (unpaired) electrons. The van der Waals surface area contributed by atoms with Gasteiger partial charge in [0.1, 0.15) is 5.15 Å². The zero-order valence-corrected chi connectivity index (χ0v) is 12.5. The van der Waals surface area contributed by atoms with Crippen LogP contribution in [0, 0.1) is 13.8 Å². The Hall–Kier alpha value is -1.78. The second-order valence-corrected chi connectivity index (χ2v) is 5.26. The maximum atomic E-state index is 12.2. The number of carbonyl (C=O) groups is 1. The van der Waals surface area contributed by atoms with E-state index in [4.69, 9.17) is 28.9 Å². The molecule has 0 aliphatic rings. The van der Waals surface area contributed by atoms with Gasteiger partial charge in [0.2, 0.25) is 0 Å². The molecule has 0 aliphatic carbocycles. The van der Waals surface area contributed by atoms with Crippen LogP contribution in [0.5, 0.6) is 0 Å². The molecule has 0 unspecified atom stereocenters. The number of nitrogens with two attached hydrogens (primary N) is 1. The minimum atomic E-state index is -0.297. The average molecular weight is 310 g/mol. The Balaban J connectivity index is 2.32. The van der Waals surface area contributed by atoms with Gasteiger partial charge in [0.15, 0.2) is 5.15 Å². The topological polar surface area (TPSA) is 68.0 Å². The highest BCUT2D eigenvalue weighted by molar-refractivity contribution is 6.35. The lowest BCUT2D eigenvalue weighted by Crippen LogP contribution is -2.14. The maximum Gasteiger partial charge on any atom is 0.255 e. The van der Waals surface area contributed by atoms with Gasteiger partial charge < -0.3 is 11.1 Å². The molecule has 6 heteroatoms. The van der Waals surface area contributed by atoms with E-state index in [1.807, 2.05) is 6.92 Å². The number of amides is 1. The molecule has 0 saturated heterocycles. The summed E-state index contributed by atoms with van der Waals surface area (Å²) in [6.45, 7) is 3.66. The summed E-state index contributed by atoms with van der Waals surface area (Å²) in [5.74, 6) is -0.297. The van der Waals surface area contributed by atoms with Gasteiger partial charge in [-0.3, -0.25) is 4.79 Å². The van der Waals surface area contributed by atoms with Crippen LogP contribution in [-0.4, -0.2) is 10.9 Å². The van der Waals surface area contributed by atoms with Crippen molar-refractivity contribution in [2.45, 2.75) is 13.8 Å². The van der Waals surface area contributed by atoms with Crippen LogP contribution >= 0.6 is 23.2 Å². The highest BCUT2D eigenvalue weighted by atomic mass is 35.5. The molecule has 0 atom stereocenters. The number of anilines is 2. The van der Waals surface area contributed by atoms with Gasteiger partial charge in [-0.25, -0.2) is 4.98 Å². The third-order valence-electron chi connectivity index (χ3n) is 2.74. The molecular formula is C14H13Cl2N3O. The Morgan fingerprint density at radius 1 is 1.20 bits per heavy atom. The van der Waals surface area contributed by atoms with Crippen LogP contribution in [0.25, 0.3) is 0 Å². The Bertz CT molecular complexity index is 643. The molecule has 0 spiro atoms. The summed E-state index contributed by atoms with van der Waals surface area (Å²) in [5, 5.41) is 3.17. The highest BCUT2D eigenvalue weighted by Gasteiger charge is 2.13. The first-order valence-corrected chi connectivity index (χ1v) is 6.63. The zero-order valence-electron chi connectivity index (χ0n) is 11.0. The highest BCUT2D eigenvalue weighted by Crippen LogP contribution is 2.27. The molecule has 2 aromatic rings. The van der Waals surface area contributed by atoms with E-state index >= 15 is 0 Å².